The smallest absolute Gasteiger partial charge is 0.224 e. The minimum Gasteiger partial charge on any atom is -0.370 e. The maximum Gasteiger partial charge on any atom is 0.224 e. The van der Waals surface area contributed by atoms with Crippen LogP contribution >= 0.6 is 24.8 Å². The van der Waals surface area contributed by atoms with Crippen molar-refractivity contribution in [3.05, 3.63) is 59.7 Å². The van der Waals surface area contributed by atoms with Gasteiger partial charge in [0, 0.05) is 23.2 Å². The molecule has 7 N–H and O–H groups in total. The van der Waals surface area contributed by atoms with Gasteiger partial charge in [-0.05, 0) is 67.9 Å². The van der Waals surface area contributed by atoms with Crippen molar-refractivity contribution in [1.82, 2.24) is 0 Å². The molecule has 0 saturated carbocycles. The molecule has 0 aliphatic rings. The van der Waals surface area contributed by atoms with Crippen LogP contribution < -0.4 is 22.5 Å². The van der Waals surface area contributed by atoms with Crippen LogP contribution in [0.15, 0.2) is 53.5 Å². The molecule has 0 aliphatic heterocycles. The van der Waals surface area contributed by atoms with Gasteiger partial charge < -0.3 is 22.5 Å². The van der Waals surface area contributed by atoms with Gasteiger partial charge in [0.2, 0.25) is 5.91 Å². The Balaban J connectivity index is 0.00000364. The first-order valence-electron chi connectivity index (χ1n) is 8.34. The van der Waals surface area contributed by atoms with Crippen molar-refractivity contribution < 1.29 is 9.59 Å². The minimum atomic E-state index is -0.123. The number of halogens is 2. The molecule has 0 fully saturated rings. The molecule has 2 aromatic carbocycles. The van der Waals surface area contributed by atoms with Crippen molar-refractivity contribution in [3.8, 4) is 0 Å². The molecule has 0 atom stereocenters. The van der Waals surface area contributed by atoms with E-state index < -0.39 is 0 Å². The number of aliphatic imine (C=N–C) groups is 1. The van der Waals surface area contributed by atoms with E-state index in [9.17, 15) is 9.59 Å². The molecule has 0 saturated heterocycles. The largest absolute Gasteiger partial charge is 0.370 e. The summed E-state index contributed by atoms with van der Waals surface area (Å²) < 4.78 is 0. The number of benzene rings is 2. The third-order valence-electron chi connectivity index (χ3n) is 3.68. The number of rotatable bonds is 8. The Morgan fingerprint density at radius 1 is 0.857 bits per heavy atom. The zero-order valence-electron chi connectivity index (χ0n) is 15.3. The molecule has 0 bridgehead atoms. The zero-order chi connectivity index (χ0) is 18.9. The Hall–Kier alpha value is -2.61. The van der Waals surface area contributed by atoms with E-state index in [0.717, 1.165) is 12.8 Å². The number of unbranched alkanes of at least 4 members (excludes halogenated alkanes) is 1. The Morgan fingerprint density at radius 3 is 1.89 bits per heavy atom. The molecule has 28 heavy (non-hydrogen) atoms. The van der Waals surface area contributed by atoms with Crippen molar-refractivity contribution in [3.63, 3.8) is 0 Å². The van der Waals surface area contributed by atoms with Crippen LogP contribution in [0.2, 0.25) is 0 Å². The molecule has 0 aliphatic carbocycles. The van der Waals surface area contributed by atoms with E-state index >= 15 is 0 Å². The average molecular weight is 426 g/mol. The van der Waals surface area contributed by atoms with Crippen molar-refractivity contribution in [1.29, 1.82) is 0 Å². The van der Waals surface area contributed by atoms with Crippen molar-refractivity contribution in [2.24, 2.45) is 22.2 Å². The van der Waals surface area contributed by atoms with E-state index in [2.05, 4.69) is 10.3 Å². The SMILES string of the molecule is Cl.Cl.NCCCCC(=O)Nc1ccc(C(=O)c2ccc(N=C(N)N)cc2)cc1. The summed E-state index contributed by atoms with van der Waals surface area (Å²) in [5, 5.41) is 2.80. The predicted molar refractivity (Wildman–Crippen MR) is 118 cm³/mol. The third-order valence-corrected chi connectivity index (χ3v) is 3.68. The molecule has 0 aromatic heterocycles. The van der Waals surface area contributed by atoms with Crippen LogP contribution in [0, 0.1) is 0 Å². The summed E-state index contributed by atoms with van der Waals surface area (Å²) in [6, 6.07) is 13.5. The summed E-state index contributed by atoms with van der Waals surface area (Å²) in [6.45, 7) is 0.580. The first-order chi connectivity index (χ1) is 12.5. The summed E-state index contributed by atoms with van der Waals surface area (Å²) >= 11 is 0. The fraction of sp³-hybridized carbons (Fsp3) is 0.211. The highest BCUT2D eigenvalue weighted by Gasteiger charge is 2.09. The lowest BCUT2D eigenvalue weighted by Gasteiger charge is -2.07. The van der Waals surface area contributed by atoms with Gasteiger partial charge in [-0.2, -0.15) is 0 Å². The standard InChI is InChI=1S/C19H23N5O2.2ClH/c20-12-2-1-3-17(25)23-15-8-4-13(5-9-15)18(26)14-6-10-16(11-7-14)24-19(21)22;;/h4-11H,1-3,12,20H2,(H,23,25)(H4,21,22,24);2*1H. The number of ketones is 1. The molecule has 7 nitrogen and oxygen atoms in total. The van der Waals surface area contributed by atoms with Gasteiger partial charge in [0.25, 0.3) is 0 Å². The average Bonchev–Trinajstić information content (AvgIpc) is 2.62. The van der Waals surface area contributed by atoms with Crippen LogP contribution in [-0.4, -0.2) is 24.2 Å². The number of nitrogens with zero attached hydrogens (tertiary/aromatic N) is 1. The fourth-order valence-electron chi connectivity index (χ4n) is 2.36. The number of nitrogens with two attached hydrogens (primary N) is 3. The minimum absolute atomic E-state index is 0. The molecular formula is C19H25Cl2N5O2. The second-order valence-electron chi connectivity index (χ2n) is 5.78. The number of guanidine groups is 1. The molecule has 9 heteroatoms. The van der Waals surface area contributed by atoms with Gasteiger partial charge in [-0.25, -0.2) is 4.99 Å². The number of hydrogen-bond donors (Lipinski definition) is 4. The summed E-state index contributed by atoms with van der Waals surface area (Å²) in [7, 11) is 0. The van der Waals surface area contributed by atoms with Crippen LogP contribution in [0.4, 0.5) is 11.4 Å². The zero-order valence-corrected chi connectivity index (χ0v) is 16.9. The van der Waals surface area contributed by atoms with E-state index in [1.54, 1.807) is 48.5 Å². The summed E-state index contributed by atoms with van der Waals surface area (Å²) in [4.78, 5) is 28.2. The van der Waals surface area contributed by atoms with Crippen molar-refractivity contribution >= 4 is 53.8 Å². The van der Waals surface area contributed by atoms with Crippen LogP contribution in [0.3, 0.4) is 0 Å². The molecule has 0 spiro atoms. The van der Waals surface area contributed by atoms with Gasteiger partial charge in [-0.1, -0.05) is 0 Å². The molecule has 0 heterocycles. The fourth-order valence-corrected chi connectivity index (χ4v) is 2.36. The number of carbonyl (C=O) groups excluding carboxylic acids is 2. The highest BCUT2D eigenvalue weighted by molar-refractivity contribution is 6.09. The van der Waals surface area contributed by atoms with Crippen LogP contribution in [-0.2, 0) is 4.79 Å². The number of nitrogens with one attached hydrogen (secondary N) is 1. The molecule has 2 aromatic rings. The van der Waals surface area contributed by atoms with Gasteiger partial charge >= 0.3 is 0 Å². The lowest BCUT2D eigenvalue weighted by Crippen LogP contribution is -2.21. The summed E-state index contributed by atoms with van der Waals surface area (Å²) in [6.07, 6.45) is 2.01. The van der Waals surface area contributed by atoms with Gasteiger partial charge in [0.15, 0.2) is 11.7 Å². The van der Waals surface area contributed by atoms with E-state index in [-0.39, 0.29) is 42.5 Å². The van der Waals surface area contributed by atoms with E-state index in [4.69, 9.17) is 17.2 Å². The molecule has 2 rings (SSSR count). The van der Waals surface area contributed by atoms with Gasteiger partial charge in [0.1, 0.15) is 0 Å². The van der Waals surface area contributed by atoms with Gasteiger partial charge in [0.05, 0.1) is 5.69 Å². The molecule has 0 unspecified atom stereocenters. The number of hydrogen-bond acceptors (Lipinski definition) is 4. The summed E-state index contributed by atoms with van der Waals surface area (Å²) in [5.41, 5.74) is 18.3. The van der Waals surface area contributed by atoms with Crippen molar-refractivity contribution in [2.45, 2.75) is 19.3 Å². The Labute approximate surface area is 176 Å². The van der Waals surface area contributed by atoms with Crippen LogP contribution in [0.25, 0.3) is 0 Å². The van der Waals surface area contributed by atoms with Gasteiger partial charge in [-0.3, -0.25) is 9.59 Å². The quantitative estimate of drug-likeness (QED) is 0.223. The second kappa shape index (κ2) is 12.7. The van der Waals surface area contributed by atoms with Crippen LogP contribution in [0.5, 0.6) is 0 Å². The Morgan fingerprint density at radius 2 is 1.39 bits per heavy atom. The Kier molecular flexibility index (Phi) is 11.5. The molecule has 0 radical (unpaired) electrons. The first kappa shape index (κ1) is 25.4. The van der Waals surface area contributed by atoms with Gasteiger partial charge in [-0.15, -0.1) is 24.8 Å². The number of anilines is 1. The molecular weight excluding hydrogens is 401 g/mol. The summed E-state index contributed by atoms with van der Waals surface area (Å²) in [5.74, 6) is -0.223. The van der Waals surface area contributed by atoms with Crippen molar-refractivity contribution in [2.75, 3.05) is 11.9 Å². The highest BCUT2D eigenvalue weighted by Crippen LogP contribution is 2.17. The first-order valence-corrected chi connectivity index (χ1v) is 8.34. The lowest BCUT2D eigenvalue weighted by molar-refractivity contribution is -0.116. The van der Waals surface area contributed by atoms with E-state index in [1.165, 1.54) is 0 Å². The Bertz CT molecular complexity index is 789. The normalized spacial score (nSPS) is 9.46. The maximum atomic E-state index is 12.5. The monoisotopic (exact) mass is 425 g/mol. The number of amides is 1. The van der Waals surface area contributed by atoms with E-state index in [1.807, 2.05) is 0 Å². The third kappa shape index (κ3) is 7.96. The second-order valence-corrected chi connectivity index (χ2v) is 5.78. The lowest BCUT2D eigenvalue weighted by atomic mass is 10.0. The predicted octanol–water partition coefficient (Wildman–Crippen LogP) is 2.73. The topological polar surface area (TPSA) is 137 Å². The van der Waals surface area contributed by atoms with Crippen LogP contribution in [0.1, 0.15) is 35.2 Å². The molecule has 1 amide bonds. The highest BCUT2D eigenvalue weighted by atomic mass is 35.5. The molecule has 152 valence electrons. The maximum absolute atomic E-state index is 12.5. The van der Waals surface area contributed by atoms with E-state index in [0.29, 0.717) is 35.5 Å². The number of carbonyl (C=O) groups is 2.